The molecule has 0 radical (unpaired) electrons. The lowest BCUT2D eigenvalue weighted by atomic mass is 10.1. The number of benzene rings is 1. The maximum Gasteiger partial charge on any atom is 0.291 e. The van der Waals surface area contributed by atoms with Crippen LogP contribution in [0.2, 0.25) is 19.6 Å². The quantitative estimate of drug-likeness (QED) is 0.546. The van der Waals surface area contributed by atoms with Gasteiger partial charge >= 0.3 is 0 Å². The number of allylic oxidation sites excluding steroid dienone is 1. The molecule has 0 unspecified atom stereocenters. The molecule has 0 bridgehead atoms. The van der Waals surface area contributed by atoms with Crippen LogP contribution in [-0.4, -0.2) is 8.07 Å². The molecule has 0 spiro atoms. The van der Waals surface area contributed by atoms with Crippen molar-refractivity contribution in [2.24, 2.45) is 0 Å². The summed E-state index contributed by atoms with van der Waals surface area (Å²) in [7, 11) is -1.40. The van der Waals surface area contributed by atoms with Gasteiger partial charge in [0.05, 0.1) is 8.07 Å². The molecule has 0 saturated heterocycles. The van der Waals surface area contributed by atoms with Gasteiger partial charge < -0.3 is 0 Å². The Kier molecular flexibility index (Phi) is 3.14. The molecule has 0 aliphatic carbocycles. The van der Waals surface area contributed by atoms with Crippen molar-refractivity contribution >= 4 is 13.3 Å². The average molecular weight is 226 g/mol. The lowest BCUT2D eigenvalue weighted by Gasteiger charge is -2.18. The van der Waals surface area contributed by atoms with E-state index in [1.54, 1.807) is 12.1 Å². The minimum absolute atomic E-state index is 0.0134. The molecule has 3 heteroatoms. The second-order valence-corrected chi connectivity index (χ2v) is 9.73. The third kappa shape index (κ3) is 2.75. The molecule has 0 aliphatic heterocycles. The molecule has 0 fully saturated rings. The van der Waals surface area contributed by atoms with Crippen LogP contribution in [0.25, 0.3) is 0 Å². The monoisotopic (exact) mass is 226 g/mol. The van der Waals surface area contributed by atoms with Gasteiger partial charge in [-0.3, -0.25) is 0 Å². The first-order valence-electron chi connectivity index (χ1n) is 4.90. The van der Waals surface area contributed by atoms with Crippen LogP contribution in [0.5, 0.6) is 0 Å². The Hall–Kier alpha value is -0.963. The first-order chi connectivity index (χ1) is 6.77. The second kappa shape index (κ2) is 3.89. The smallest absolute Gasteiger partial charge is 0.197 e. The maximum absolute atomic E-state index is 13.2. The van der Waals surface area contributed by atoms with Gasteiger partial charge in [-0.05, 0) is 6.08 Å². The minimum Gasteiger partial charge on any atom is -0.197 e. The van der Waals surface area contributed by atoms with E-state index in [-0.39, 0.29) is 5.56 Å². The molecule has 0 nitrogen and oxygen atoms in total. The highest BCUT2D eigenvalue weighted by Crippen LogP contribution is 2.28. The lowest BCUT2D eigenvalue weighted by molar-refractivity contribution is 0.0526. The van der Waals surface area contributed by atoms with E-state index in [1.807, 2.05) is 0 Å². The van der Waals surface area contributed by atoms with E-state index in [0.29, 0.717) is 6.08 Å². The fourth-order valence-electron chi connectivity index (χ4n) is 1.31. The van der Waals surface area contributed by atoms with Crippen molar-refractivity contribution in [2.75, 3.05) is 0 Å². The molecule has 0 aliphatic rings. The number of halogens is 2. The molecular formula is C12H16F2Si. The Morgan fingerprint density at radius 2 is 1.60 bits per heavy atom. The largest absolute Gasteiger partial charge is 0.291 e. The zero-order valence-electron chi connectivity index (χ0n) is 9.35. The highest BCUT2D eigenvalue weighted by molar-refractivity contribution is 6.88. The Bertz CT molecular complexity index is 347. The summed E-state index contributed by atoms with van der Waals surface area (Å²) in [5.74, 6) is -2.92. The van der Waals surface area contributed by atoms with Crippen LogP contribution >= 0.6 is 0 Å². The van der Waals surface area contributed by atoms with E-state index in [4.69, 9.17) is 0 Å². The lowest BCUT2D eigenvalue weighted by Crippen LogP contribution is -2.37. The van der Waals surface area contributed by atoms with Gasteiger partial charge in [-0.15, -0.1) is 0 Å². The summed E-state index contributed by atoms with van der Waals surface area (Å²) in [5, 5.41) is 1.19. The van der Waals surface area contributed by atoms with Crippen LogP contribution in [0, 0.1) is 0 Å². The van der Waals surface area contributed by atoms with Gasteiger partial charge in [-0.1, -0.05) is 55.7 Å². The minimum atomic E-state index is -2.92. The van der Waals surface area contributed by atoms with Crippen LogP contribution < -0.4 is 5.19 Å². The SMILES string of the molecule is C=CC(F)(F)c1ccc([Si](C)(C)C)cc1. The van der Waals surface area contributed by atoms with E-state index in [1.165, 1.54) is 17.3 Å². The first-order valence-corrected chi connectivity index (χ1v) is 8.40. The zero-order chi connectivity index (χ0) is 11.7. The summed E-state index contributed by atoms with van der Waals surface area (Å²) in [6, 6.07) is 6.60. The van der Waals surface area contributed by atoms with Crippen molar-refractivity contribution < 1.29 is 8.78 Å². The number of rotatable bonds is 3. The predicted molar refractivity (Wildman–Crippen MR) is 63.5 cm³/mol. The molecule has 1 aromatic rings. The predicted octanol–water partition coefficient (Wildman–Crippen LogP) is 3.51. The number of hydrogen-bond acceptors (Lipinski definition) is 0. The van der Waals surface area contributed by atoms with Gasteiger partial charge in [-0.2, -0.15) is 8.78 Å². The Morgan fingerprint density at radius 3 is 1.93 bits per heavy atom. The fourth-order valence-corrected chi connectivity index (χ4v) is 2.48. The standard InChI is InChI=1S/C12H16F2Si/c1-5-12(13,14)10-6-8-11(9-7-10)15(2,3)4/h5-9H,1H2,2-4H3. The highest BCUT2D eigenvalue weighted by atomic mass is 28.3. The van der Waals surface area contributed by atoms with E-state index < -0.39 is 14.0 Å². The molecule has 15 heavy (non-hydrogen) atoms. The molecule has 82 valence electrons. The molecule has 0 heterocycles. The normalized spacial score (nSPS) is 12.6. The summed E-state index contributed by atoms with van der Waals surface area (Å²) >= 11 is 0. The van der Waals surface area contributed by atoms with Gasteiger partial charge in [0.1, 0.15) is 0 Å². The second-order valence-electron chi connectivity index (χ2n) is 4.65. The molecule has 0 atom stereocenters. The third-order valence-electron chi connectivity index (χ3n) is 2.39. The Morgan fingerprint density at radius 1 is 1.13 bits per heavy atom. The molecule has 0 N–H and O–H groups in total. The van der Waals surface area contributed by atoms with Crippen molar-refractivity contribution in [3.63, 3.8) is 0 Å². The van der Waals surface area contributed by atoms with Gasteiger partial charge in [0.2, 0.25) is 0 Å². The van der Waals surface area contributed by atoms with Crippen molar-refractivity contribution in [3.8, 4) is 0 Å². The third-order valence-corrected chi connectivity index (χ3v) is 4.46. The summed E-state index contributed by atoms with van der Waals surface area (Å²) < 4.78 is 26.4. The van der Waals surface area contributed by atoms with Crippen LogP contribution in [-0.2, 0) is 5.92 Å². The van der Waals surface area contributed by atoms with E-state index in [0.717, 1.165) is 0 Å². The summed E-state index contributed by atoms with van der Waals surface area (Å²) in [6.45, 7) is 9.70. The van der Waals surface area contributed by atoms with E-state index in [2.05, 4.69) is 26.2 Å². The number of hydrogen-bond donors (Lipinski definition) is 0. The van der Waals surface area contributed by atoms with Crippen LogP contribution in [0.15, 0.2) is 36.9 Å². The van der Waals surface area contributed by atoms with E-state index >= 15 is 0 Å². The highest BCUT2D eigenvalue weighted by Gasteiger charge is 2.27. The molecule has 0 aromatic heterocycles. The summed E-state index contributed by atoms with van der Waals surface area (Å²) in [6.07, 6.45) is 0.677. The van der Waals surface area contributed by atoms with Crippen molar-refractivity contribution in [1.82, 2.24) is 0 Å². The van der Waals surface area contributed by atoms with Crippen LogP contribution in [0.3, 0.4) is 0 Å². The van der Waals surface area contributed by atoms with Gasteiger partial charge in [-0.25, -0.2) is 0 Å². The van der Waals surface area contributed by atoms with Crippen molar-refractivity contribution in [1.29, 1.82) is 0 Å². The Balaban J connectivity index is 3.06. The Labute approximate surface area is 90.6 Å². The van der Waals surface area contributed by atoms with Gasteiger partial charge in [0.25, 0.3) is 5.92 Å². The van der Waals surface area contributed by atoms with Crippen LogP contribution in [0.1, 0.15) is 5.56 Å². The molecule has 0 saturated carbocycles. The molecular weight excluding hydrogens is 210 g/mol. The topological polar surface area (TPSA) is 0 Å². The van der Waals surface area contributed by atoms with Gasteiger partial charge in [0.15, 0.2) is 0 Å². The summed E-state index contributed by atoms with van der Waals surface area (Å²) in [5.41, 5.74) is 0.0134. The fraction of sp³-hybridized carbons (Fsp3) is 0.333. The van der Waals surface area contributed by atoms with Crippen LogP contribution in [0.4, 0.5) is 8.78 Å². The van der Waals surface area contributed by atoms with E-state index in [9.17, 15) is 8.78 Å². The van der Waals surface area contributed by atoms with Crippen molar-refractivity contribution in [2.45, 2.75) is 25.6 Å². The average Bonchev–Trinajstić information content (AvgIpc) is 2.17. The summed E-state index contributed by atoms with van der Waals surface area (Å²) in [4.78, 5) is 0. The molecule has 0 amide bonds. The maximum atomic E-state index is 13.2. The molecule has 1 rings (SSSR count). The van der Waals surface area contributed by atoms with Crippen molar-refractivity contribution in [3.05, 3.63) is 42.5 Å². The molecule has 1 aromatic carbocycles. The first kappa shape index (κ1) is 12.1. The van der Waals surface area contributed by atoms with Gasteiger partial charge in [0, 0.05) is 5.56 Å². The number of alkyl halides is 2. The zero-order valence-corrected chi connectivity index (χ0v) is 10.3.